The van der Waals surface area contributed by atoms with Crippen LogP contribution in [0.1, 0.15) is 37.9 Å². The first-order valence-electron chi connectivity index (χ1n) is 11.6. The van der Waals surface area contributed by atoms with Gasteiger partial charge in [0.1, 0.15) is 5.15 Å². The smallest absolute Gasteiger partial charge is 0.337 e. The van der Waals surface area contributed by atoms with Crippen molar-refractivity contribution < 1.29 is 19.1 Å². The molecular weight excluding hydrogens is 501 g/mol. The zero-order valence-electron chi connectivity index (χ0n) is 19.9. The third-order valence-corrected chi connectivity index (χ3v) is 6.69. The van der Waals surface area contributed by atoms with E-state index in [1.54, 1.807) is 35.4 Å². The van der Waals surface area contributed by atoms with Crippen molar-refractivity contribution in [2.75, 3.05) is 39.8 Å². The van der Waals surface area contributed by atoms with Crippen molar-refractivity contribution in [3.63, 3.8) is 0 Å². The maximum absolute atomic E-state index is 12.9. The van der Waals surface area contributed by atoms with Gasteiger partial charge in [0.05, 0.1) is 30.9 Å². The van der Waals surface area contributed by atoms with Gasteiger partial charge in [0.15, 0.2) is 0 Å². The minimum atomic E-state index is -0.370. The third kappa shape index (κ3) is 6.62. The van der Waals surface area contributed by atoms with E-state index in [9.17, 15) is 9.59 Å². The van der Waals surface area contributed by atoms with Crippen LogP contribution in [0.15, 0.2) is 66.9 Å². The van der Waals surface area contributed by atoms with E-state index >= 15 is 0 Å². The van der Waals surface area contributed by atoms with Crippen LogP contribution in [-0.4, -0.2) is 66.5 Å². The Balaban J connectivity index is 1.39. The molecule has 188 valence electrons. The summed E-state index contributed by atoms with van der Waals surface area (Å²) in [6.07, 6.45) is 1.37. The van der Waals surface area contributed by atoms with E-state index in [4.69, 9.17) is 32.7 Å². The summed E-state index contributed by atoms with van der Waals surface area (Å²) in [4.78, 5) is 32.7. The Morgan fingerprint density at radius 1 is 0.972 bits per heavy atom. The van der Waals surface area contributed by atoms with Crippen molar-refractivity contribution in [1.29, 1.82) is 0 Å². The van der Waals surface area contributed by atoms with Crippen molar-refractivity contribution in [3.05, 3.63) is 99.3 Å². The van der Waals surface area contributed by atoms with Gasteiger partial charge in [0.25, 0.3) is 5.91 Å². The Kier molecular flexibility index (Phi) is 8.93. The number of esters is 1. The van der Waals surface area contributed by atoms with E-state index in [2.05, 4.69) is 9.88 Å². The van der Waals surface area contributed by atoms with Crippen molar-refractivity contribution >= 4 is 35.1 Å². The molecule has 0 radical (unpaired) electrons. The summed E-state index contributed by atoms with van der Waals surface area (Å²) in [5.41, 5.74) is 2.89. The summed E-state index contributed by atoms with van der Waals surface area (Å²) in [5.74, 6) is -0.474. The average molecular weight is 528 g/mol. The number of rotatable bonds is 8. The van der Waals surface area contributed by atoms with Gasteiger partial charge < -0.3 is 14.4 Å². The highest BCUT2D eigenvalue weighted by molar-refractivity contribution is 6.32. The quantitative estimate of drug-likeness (QED) is 0.306. The van der Waals surface area contributed by atoms with Crippen molar-refractivity contribution in [1.82, 2.24) is 14.8 Å². The molecule has 7 nitrogen and oxygen atoms in total. The first kappa shape index (κ1) is 26.1. The van der Waals surface area contributed by atoms with Crippen molar-refractivity contribution in [2.24, 2.45) is 0 Å². The number of carbonyl (C=O) groups excluding carboxylic acids is 2. The Morgan fingerprint density at radius 3 is 2.31 bits per heavy atom. The second-order valence-corrected chi connectivity index (χ2v) is 9.27. The number of ether oxygens (including phenoxy) is 2. The highest BCUT2D eigenvalue weighted by atomic mass is 35.5. The number of hydrogen-bond acceptors (Lipinski definition) is 6. The lowest BCUT2D eigenvalue weighted by molar-refractivity contribution is 0.00340. The van der Waals surface area contributed by atoms with Gasteiger partial charge in [-0.25, -0.2) is 9.78 Å². The van der Waals surface area contributed by atoms with Crippen molar-refractivity contribution in [3.8, 4) is 0 Å². The van der Waals surface area contributed by atoms with E-state index in [0.717, 1.165) is 11.1 Å². The standard InChI is InChI=1S/C27H27Cl2N3O4/c1-35-27(34)21-6-4-19(5-7-21)18-36-24(20-8-10-22(28)11-9-20)17-31-13-15-32(16-14-31)26(33)23-3-2-12-30-25(23)29/h2-12,24H,13-18H2,1H3. The molecule has 1 amide bonds. The van der Waals surface area contributed by atoms with Crippen LogP contribution in [0.5, 0.6) is 0 Å². The number of aromatic nitrogens is 1. The Hall–Kier alpha value is -2.97. The van der Waals surface area contributed by atoms with E-state index in [1.165, 1.54) is 7.11 Å². The molecule has 2 aromatic carbocycles. The molecule has 1 atom stereocenters. The molecule has 1 aliphatic heterocycles. The SMILES string of the molecule is COC(=O)c1ccc(COC(CN2CCN(C(=O)c3cccnc3Cl)CC2)c2ccc(Cl)cc2)cc1. The number of pyridine rings is 1. The topological polar surface area (TPSA) is 72.0 Å². The van der Waals surface area contributed by atoms with E-state index in [1.807, 2.05) is 36.4 Å². The molecule has 0 bridgehead atoms. The zero-order chi connectivity index (χ0) is 25.5. The van der Waals surface area contributed by atoms with E-state index in [0.29, 0.717) is 55.5 Å². The second-order valence-electron chi connectivity index (χ2n) is 8.47. The lowest BCUT2D eigenvalue weighted by atomic mass is 10.1. The van der Waals surface area contributed by atoms with Crippen LogP contribution >= 0.6 is 23.2 Å². The van der Waals surface area contributed by atoms with Gasteiger partial charge >= 0.3 is 5.97 Å². The van der Waals surface area contributed by atoms with E-state index < -0.39 is 0 Å². The maximum atomic E-state index is 12.9. The fourth-order valence-electron chi connectivity index (χ4n) is 4.07. The van der Waals surface area contributed by atoms with Crippen LogP contribution in [-0.2, 0) is 16.1 Å². The number of halogens is 2. The summed E-state index contributed by atoms with van der Waals surface area (Å²) in [5, 5.41) is 0.887. The second kappa shape index (κ2) is 12.3. The predicted octanol–water partition coefficient (Wildman–Crippen LogP) is 4.89. The summed E-state index contributed by atoms with van der Waals surface area (Å²) in [6.45, 7) is 3.65. The molecule has 1 fully saturated rings. The normalized spacial score (nSPS) is 14.9. The molecule has 1 unspecified atom stereocenters. The molecular formula is C27H27Cl2N3O4. The molecule has 9 heteroatoms. The highest BCUT2D eigenvalue weighted by Gasteiger charge is 2.26. The molecule has 36 heavy (non-hydrogen) atoms. The van der Waals surface area contributed by atoms with Crippen LogP contribution in [0.2, 0.25) is 10.2 Å². The predicted molar refractivity (Wildman–Crippen MR) is 138 cm³/mol. The number of benzene rings is 2. The first-order chi connectivity index (χ1) is 17.4. The third-order valence-electron chi connectivity index (χ3n) is 6.14. The number of nitrogens with zero attached hydrogens (tertiary/aromatic N) is 3. The van der Waals surface area contributed by atoms with Gasteiger partial charge in [0.2, 0.25) is 0 Å². The number of methoxy groups -OCH3 is 1. The molecule has 0 N–H and O–H groups in total. The summed E-state index contributed by atoms with van der Waals surface area (Å²) in [7, 11) is 1.36. The lowest BCUT2D eigenvalue weighted by Crippen LogP contribution is -2.49. The average Bonchev–Trinajstić information content (AvgIpc) is 2.91. The monoisotopic (exact) mass is 527 g/mol. The minimum Gasteiger partial charge on any atom is -0.465 e. The number of piperazine rings is 1. The summed E-state index contributed by atoms with van der Waals surface area (Å²) >= 11 is 12.2. The van der Waals surface area contributed by atoms with Gasteiger partial charge in [-0.05, 0) is 47.5 Å². The molecule has 4 rings (SSSR count). The maximum Gasteiger partial charge on any atom is 0.337 e. The first-order valence-corrected chi connectivity index (χ1v) is 12.4. The molecule has 0 spiro atoms. The lowest BCUT2D eigenvalue weighted by Gasteiger charge is -2.36. The van der Waals surface area contributed by atoms with Crippen LogP contribution in [0, 0.1) is 0 Å². The summed E-state index contributed by atoms with van der Waals surface area (Å²) < 4.78 is 11.1. The fourth-order valence-corrected chi connectivity index (χ4v) is 4.39. The van der Waals surface area contributed by atoms with Crippen LogP contribution in [0.4, 0.5) is 0 Å². The Labute approximate surface area is 220 Å². The number of amides is 1. The zero-order valence-corrected chi connectivity index (χ0v) is 21.4. The molecule has 0 saturated carbocycles. The van der Waals surface area contributed by atoms with Crippen molar-refractivity contribution in [2.45, 2.75) is 12.7 Å². The summed E-state index contributed by atoms with van der Waals surface area (Å²) in [6, 6.07) is 18.2. The number of hydrogen-bond donors (Lipinski definition) is 0. The largest absolute Gasteiger partial charge is 0.465 e. The minimum absolute atomic E-state index is 0.103. The molecule has 2 heterocycles. The molecule has 1 aliphatic rings. The molecule has 1 aromatic heterocycles. The molecule has 0 aliphatic carbocycles. The number of carbonyl (C=O) groups is 2. The fraction of sp³-hybridized carbons (Fsp3) is 0.296. The Bertz CT molecular complexity index is 1180. The van der Waals surface area contributed by atoms with Crippen LogP contribution < -0.4 is 0 Å². The van der Waals surface area contributed by atoms with Gasteiger partial charge in [-0.3, -0.25) is 9.69 Å². The van der Waals surface area contributed by atoms with Crippen LogP contribution in [0.3, 0.4) is 0 Å². The Morgan fingerprint density at radius 2 is 1.67 bits per heavy atom. The van der Waals surface area contributed by atoms with Gasteiger partial charge in [-0.1, -0.05) is 47.5 Å². The highest BCUT2D eigenvalue weighted by Crippen LogP contribution is 2.24. The van der Waals surface area contributed by atoms with Gasteiger partial charge in [0, 0.05) is 43.9 Å². The molecule has 1 saturated heterocycles. The molecule has 3 aromatic rings. The van der Waals surface area contributed by atoms with E-state index in [-0.39, 0.29) is 23.1 Å². The van der Waals surface area contributed by atoms with Gasteiger partial charge in [-0.2, -0.15) is 0 Å². The van der Waals surface area contributed by atoms with Gasteiger partial charge in [-0.15, -0.1) is 0 Å². The van der Waals surface area contributed by atoms with Crippen LogP contribution in [0.25, 0.3) is 0 Å².